The Balaban J connectivity index is 1.85. The molecule has 2 rings (SSSR count). The molecule has 2 amide bonds. The van der Waals surface area contributed by atoms with E-state index in [0.717, 1.165) is 30.7 Å². The van der Waals surface area contributed by atoms with Crippen molar-refractivity contribution in [1.29, 1.82) is 0 Å². The molecule has 0 spiro atoms. The number of thioether (sulfide) groups is 1. The van der Waals surface area contributed by atoms with Gasteiger partial charge >= 0.3 is 6.03 Å². The minimum Gasteiger partial charge on any atom is -0.393 e. The van der Waals surface area contributed by atoms with E-state index < -0.39 is 0 Å². The number of hydrogen-bond donors (Lipinski definition) is 2. The van der Waals surface area contributed by atoms with Gasteiger partial charge in [0.2, 0.25) is 0 Å². The number of nitrogens with one attached hydrogen (secondary N) is 1. The number of hydrogen-bond acceptors (Lipinski definition) is 3. The Labute approximate surface area is 130 Å². The molecular formula is C16H24N2O2S. The van der Waals surface area contributed by atoms with Gasteiger partial charge in [0.05, 0.1) is 6.10 Å². The number of aliphatic hydroxyl groups is 1. The second-order valence-electron chi connectivity index (χ2n) is 5.70. The van der Waals surface area contributed by atoms with Gasteiger partial charge in [-0.25, -0.2) is 4.79 Å². The number of benzene rings is 1. The van der Waals surface area contributed by atoms with Gasteiger partial charge in [0.15, 0.2) is 0 Å². The molecule has 4 nitrogen and oxygen atoms in total. The van der Waals surface area contributed by atoms with Gasteiger partial charge in [-0.2, -0.15) is 11.8 Å². The largest absolute Gasteiger partial charge is 0.393 e. The molecule has 1 aliphatic rings. The van der Waals surface area contributed by atoms with Crippen molar-refractivity contribution >= 4 is 23.5 Å². The summed E-state index contributed by atoms with van der Waals surface area (Å²) in [4.78, 5) is 13.8. The normalized spacial score (nSPS) is 21.3. The minimum atomic E-state index is -0.258. The first-order valence-electron chi connectivity index (χ1n) is 7.38. The molecule has 21 heavy (non-hydrogen) atoms. The molecule has 2 unspecified atom stereocenters. The van der Waals surface area contributed by atoms with Crippen molar-refractivity contribution in [3.63, 3.8) is 0 Å². The number of anilines is 1. The lowest BCUT2D eigenvalue weighted by molar-refractivity contribution is 0.116. The summed E-state index contributed by atoms with van der Waals surface area (Å²) in [5, 5.41) is 12.7. The number of nitrogens with zero attached hydrogens (tertiary/aromatic N) is 1. The summed E-state index contributed by atoms with van der Waals surface area (Å²) in [6.07, 6.45) is 4.73. The molecule has 0 aliphatic heterocycles. The molecule has 0 saturated heterocycles. The lowest BCUT2D eigenvalue weighted by Gasteiger charge is -2.23. The smallest absolute Gasteiger partial charge is 0.321 e. The van der Waals surface area contributed by atoms with Crippen LogP contribution in [0.4, 0.5) is 10.5 Å². The molecule has 1 aromatic carbocycles. The van der Waals surface area contributed by atoms with Crippen LogP contribution < -0.4 is 5.32 Å². The summed E-state index contributed by atoms with van der Waals surface area (Å²) < 4.78 is 0. The molecule has 0 bridgehead atoms. The van der Waals surface area contributed by atoms with Gasteiger partial charge in [-0.15, -0.1) is 0 Å². The first kappa shape index (κ1) is 16.2. The maximum atomic E-state index is 12.1. The van der Waals surface area contributed by atoms with Crippen LogP contribution in [0.25, 0.3) is 0 Å². The predicted octanol–water partition coefficient (Wildman–Crippen LogP) is 3.17. The fourth-order valence-electron chi connectivity index (χ4n) is 2.73. The highest BCUT2D eigenvalue weighted by Gasteiger charge is 2.27. The van der Waals surface area contributed by atoms with Crippen LogP contribution in [0.3, 0.4) is 0 Å². The van der Waals surface area contributed by atoms with Crippen molar-refractivity contribution in [2.45, 2.75) is 31.1 Å². The summed E-state index contributed by atoms with van der Waals surface area (Å²) in [5.41, 5.74) is 2.06. The Bertz CT molecular complexity index is 464. The average Bonchev–Trinajstić information content (AvgIpc) is 2.86. The summed E-state index contributed by atoms with van der Waals surface area (Å²) in [6.45, 7) is 0.609. The third kappa shape index (κ3) is 4.64. The van der Waals surface area contributed by atoms with Crippen LogP contribution in [0.1, 0.15) is 24.8 Å². The van der Waals surface area contributed by atoms with Gasteiger partial charge in [-0.1, -0.05) is 18.6 Å². The lowest BCUT2D eigenvalue weighted by atomic mass is 10.1. The van der Waals surface area contributed by atoms with Gasteiger partial charge in [0, 0.05) is 31.0 Å². The van der Waals surface area contributed by atoms with E-state index in [1.165, 1.54) is 5.56 Å². The van der Waals surface area contributed by atoms with Gasteiger partial charge < -0.3 is 15.3 Å². The zero-order valence-corrected chi connectivity index (χ0v) is 13.5. The van der Waals surface area contributed by atoms with Crippen LogP contribution in [-0.2, 0) is 5.75 Å². The number of amides is 2. The zero-order chi connectivity index (χ0) is 15.2. The third-order valence-electron chi connectivity index (χ3n) is 3.99. The number of urea groups is 1. The molecular weight excluding hydrogens is 284 g/mol. The molecule has 1 fully saturated rings. The molecule has 5 heteroatoms. The van der Waals surface area contributed by atoms with Crippen molar-refractivity contribution in [3.05, 3.63) is 29.8 Å². The number of carbonyl (C=O) groups excluding carboxylic acids is 1. The van der Waals surface area contributed by atoms with Crippen molar-refractivity contribution < 1.29 is 9.90 Å². The van der Waals surface area contributed by atoms with Crippen LogP contribution in [0.15, 0.2) is 24.3 Å². The van der Waals surface area contributed by atoms with E-state index in [4.69, 9.17) is 0 Å². The van der Waals surface area contributed by atoms with Crippen molar-refractivity contribution in [3.8, 4) is 0 Å². The Hall–Kier alpha value is -1.20. The maximum Gasteiger partial charge on any atom is 0.321 e. The predicted molar refractivity (Wildman–Crippen MR) is 88.7 cm³/mol. The van der Waals surface area contributed by atoms with Crippen molar-refractivity contribution in [2.75, 3.05) is 25.2 Å². The van der Waals surface area contributed by atoms with Gasteiger partial charge in [0.1, 0.15) is 0 Å². The number of rotatable bonds is 5. The standard InChI is InChI=1S/C16H24N2O2S/c1-18(10-13-4-3-5-15(13)19)16(20)17-14-8-6-12(7-9-14)11-21-2/h6-9,13,15,19H,3-5,10-11H2,1-2H3,(H,17,20). The SMILES string of the molecule is CSCc1ccc(NC(=O)N(C)CC2CCCC2O)cc1. The van der Waals surface area contributed by atoms with E-state index in [1.807, 2.05) is 24.3 Å². The average molecular weight is 308 g/mol. The van der Waals surface area contributed by atoms with Gasteiger partial charge in [-0.05, 0) is 36.8 Å². The monoisotopic (exact) mass is 308 g/mol. The molecule has 1 aromatic rings. The minimum absolute atomic E-state index is 0.119. The van der Waals surface area contributed by atoms with E-state index in [2.05, 4.69) is 11.6 Å². The van der Waals surface area contributed by atoms with Crippen LogP contribution in [-0.4, -0.2) is 42.0 Å². The fraction of sp³-hybridized carbons (Fsp3) is 0.562. The van der Waals surface area contributed by atoms with E-state index in [9.17, 15) is 9.90 Å². The first-order valence-corrected chi connectivity index (χ1v) is 8.77. The van der Waals surface area contributed by atoms with E-state index in [1.54, 1.807) is 23.7 Å². The Morgan fingerprint density at radius 1 is 1.38 bits per heavy atom. The van der Waals surface area contributed by atoms with Gasteiger partial charge in [0.25, 0.3) is 0 Å². The van der Waals surface area contributed by atoms with Crippen LogP contribution in [0.2, 0.25) is 0 Å². The molecule has 116 valence electrons. The Morgan fingerprint density at radius 2 is 2.10 bits per heavy atom. The highest BCUT2D eigenvalue weighted by Crippen LogP contribution is 2.26. The van der Waals surface area contributed by atoms with E-state index in [-0.39, 0.29) is 18.1 Å². The Kier molecular flexibility index (Phi) is 5.94. The Morgan fingerprint density at radius 3 is 2.67 bits per heavy atom. The molecule has 1 aliphatic carbocycles. The van der Waals surface area contributed by atoms with Crippen molar-refractivity contribution in [1.82, 2.24) is 4.90 Å². The quantitative estimate of drug-likeness (QED) is 0.878. The fourth-order valence-corrected chi connectivity index (χ4v) is 3.26. The van der Waals surface area contributed by atoms with Crippen LogP contribution in [0.5, 0.6) is 0 Å². The maximum absolute atomic E-state index is 12.1. The number of aliphatic hydroxyl groups excluding tert-OH is 1. The highest BCUT2D eigenvalue weighted by atomic mass is 32.2. The lowest BCUT2D eigenvalue weighted by Crippen LogP contribution is -2.37. The first-order chi connectivity index (χ1) is 10.1. The second kappa shape index (κ2) is 7.71. The second-order valence-corrected chi connectivity index (χ2v) is 6.56. The van der Waals surface area contributed by atoms with E-state index in [0.29, 0.717) is 6.54 Å². The van der Waals surface area contributed by atoms with Gasteiger partial charge in [-0.3, -0.25) is 0 Å². The molecule has 2 atom stereocenters. The molecule has 0 radical (unpaired) electrons. The van der Waals surface area contributed by atoms with Crippen LogP contribution >= 0.6 is 11.8 Å². The van der Waals surface area contributed by atoms with Crippen molar-refractivity contribution in [2.24, 2.45) is 5.92 Å². The summed E-state index contributed by atoms with van der Waals surface area (Å²) in [6, 6.07) is 7.81. The topological polar surface area (TPSA) is 52.6 Å². The summed E-state index contributed by atoms with van der Waals surface area (Å²) in [7, 11) is 1.78. The summed E-state index contributed by atoms with van der Waals surface area (Å²) >= 11 is 1.78. The zero-order valence-electron chi connectivity index (χ0n) is 12.7. The number of carbonyl (C=O) groups is 1. The molecule has 2 N–H and O–H groups in total. The summed E-state index contributed by atoms with van der Waals surface area (Å²) in [5.74, 6) is 1.19. The van der Waals surface area contributed by atoms with Crippen LogP contribution in [0, 0.1) is 5.92 Å². The highest BCUT2D eigenvalue weighted by molar-refractivity contribution is 7.97. The molecule has 0 aromatic heterocycles. The van der Waals surface area contributed by atoms with E-state index >= 15 is 0 Å². The molecule has 0 heterocycles. The molecule has 1 saturated carbocycles. The third-order valence-corrected chi connectivity index (χ3v) is 4.61.